The van der Waals surface area contributed by atoms with Crippen molar-refractivity contribution in [3.05, 3.63) is 89.5 Å². The second-order valence-electron chi connectivity index (χ2n) is 6.70. The van der Waals surface area contributed by atoms with Crippen LogP contribution in [-0.4, -0.2) is 25.1 Å². The summed E-state index contributed by atoms with van der Waals surface area (Å²) in [6.45, 7) is 2.84. The standard InChI is InChI=1S/C25H27N3O3S/c1-3-30-23-11-7-8-12-24(23)31-17-21-15-20(13-14-22(21)29-2)16-27-28-25(26)32-18-19-9-5-4-6-10-19/h4-16H,3,17-18H2,1-2H3,(H2,26,28). The van der Waals surface area contributed by atoms with E-state index in [0.29, 0.717) is 29.9 Å². The molecule has 2 N–H and O–H groups in total. The molecule has 0 bridgehead atoms. The van der Waals surface area contributed by atoms with Crippen molar-refractivity contribution in [1.29, 1.82) is 0 Å². The summed E-state index contributed by atoms with van der Waals surface area (Å²) < 4.78 is 17.1. The fourth-order valence-corrected chi connectivity index (χ4v) is 3.52. The summed E-state index contributed by atoms with van der Waals surface area (Å²) in [6, 6.07) is 23.4. The van der Waals surface area contributed by atoms with Gasteiger partial charge in [-0.15, -0.1) is 5.10 Å². The number of hydrogen-bond donors (Lipinski definition) is 1. The fourth-order valence-electron chi connectivity index (χ4n) is 2.90. The normalized spacial score (nSPS) is 11.5. The van der Waals surface area contributed by atoms with Crippen molar-refractivity contribution in [3.8, 4) is 17.2 Å². The third kappa shape index (κ3) is 7.06. The molecule has 0 amide bonds. The van der Waals surface area contributed by atoms with Crippen molar-refractivity contribution in [3.63, 3.8) is 0 Å². The van der Waals surface area contributed by atoms with Crippen LogP contribution in [0.15, 0.2) is 83.0 Å². The zero-order chi connectivity index (χ0) is 22.6. The molecule has 0 unspecified atom stereocenters. The predicted octanol–water partition coefficient (Wildman–Crippen LogP) is 5.25. The number of nitrogens with zero attached hydrogens (tertiary/aromatic N) is 2. The van der Waals surface area contributed by atoms with Crippen molar-refractivity contribution in [1.82, 2.24) is 0 Å². The van der Waals surface area contributed by atoms with Gasteiger partial charge in [0.1, 0.15) is 12.4 Å². The highest BCUT2D eigenvalue weighted by Crippen LogP contribution is 2.29. The largest absolute Gasteiger partial charge is 0.496 e. The monoisotopic (exact) mass is 449 g/mol. The molecule has 6 nitrogen and oxygen atoms in total. The van der Waals surface area contributed by atoms with E-state index in [-0.39, 0.29) is 0 Å². The number of ether oxygens (including phenoxy) is 3. The number of benzene rings is 3. The van der Waals surface area contributed by atoms with Gasteiger partial charge in [-0.3, -0.25) is 0 Å². The van der Waals surface area contributed by atoms with Gasteiger partial charge in [0.15, 0.2) is 16.7 Å². The smallest absolute Gasteiger partial charge is 0.180 e. The molecule has 7 heteroatoms. The minimum Gasteiger partial charge on any atom is -0.496 e. The van der Waals surface area contributed by atoms with Gasteiger partial charge >= 0.3 is 0 Å². The highest BCUT2D eigenvalue weighted by molar-refractivity contribution is 8.13. The Morgan fingerprint density at radius 1 is 0.938 bits per heavy atom. The van der Waals surface area contributed by atoms with Crippen LogP contribution < -0.4 is 19.9 Å². The molecule has 3 aromatic rings. The van der Waals surface area contributed by atoms with Crippen LogP contribution in [0.4, 0.5) is 0 Å². The predicted molar refractivity (Wildman–Crippen MR) is 132 cm³/mol. The molecule has 0 radical (unpaired) electrons. The maximum Gasteiger partial charge on any atom is 0.180 e. The second-order valence-corrected chi connectivity index (χ2v) is 7.69. The van der Waals surface area contributed by atoms with Crippen molar-refractivity contribution < 1.29 is 14.2 Å². The van der Waals surface area contributed by atoms with Crippen LogP contribution in [0, 0.1) is 0 Å². The Labute approximate surface area is 193 Å². The van der Waals surface area contributed by atoms with Gasteiger partial charge in [0.05, 0.1) is 19.9 Å². The number of rotatable bonds is 10. The molecular formula is C25H27N3O3S. The first-order valence-corrected chi connectivity index (χ1v) is 11.2. The van der Waals surface area contributed by atoms with Gasteiger partial charge in [0.2, 0.25) is 0 Å². The van der Waals surface area contributed by atoms with Gasteiger partial charge in [-0.1, -0.05) is 54.2 Å². The van der Waals surface area contributed by atoms with Gasteiger partial charge < -0.3 is 19.9 Å². The van der Waals surface area contributed by atoms with Crippen LogP contribution >= 0.6 is 11.8 Å². The van der Waals surface area contributed by atoms with Crippen molar-refractivity contribution in [2.75, 3.05) is 13.7 Å². The number of nitrogens with two attached hydrogens (primary N) is 1. The van der Waals surface area contributed by atoms with E-state index in [1.807, 2.05) is 67.6 Å². The summed E-state index contributed by atoms with van der Waals surface area (Å²) in [5, 5.41) is 8.61. The first-order chi connectivity index (χ1) is 15.7. The Balaban J connectivity index is 1.64. The maximum absolute atomic E-state index is 5.99. The van der Waals surface area contributed by atoms with E-state index in [4.69, 9.17) is 19.9 Å². The zero-order valence-corrected chi connectivity index (χ0v) is 19.0. The molecular weight excluding hydrogens is 422 g/mol. The second kappa shape index (κ2) is 12.4. The number of hydrogen-bond acceptors (Lipinski definition) is 6. The minimum atomic E-state index is 0.327. The molecule has 166 valence electrons. The summed E-state index contributed by atoms with van der Waals surface area (Å²) in [5.41, 5.74) is 8.90. The molecule has 0 saturated carbocycles. The van der Waals surface area contributed by atoms with Crippen LogP contribution in [0.3, 0.4) is 0 Å². The zero-order valence-electron chi connectivity index (χ0n) is 18.2. The van der Waals surface area contributed by atoms with Crippen LogP contribution in [0.25, 0.3) is 0 Å². The first-order valence-electron chi connectivity index (χ1n) is 10.2. The molecule has 0 aliphatic heterocycles. The van der Waals surface area contributed by atoms with E-state index in [9.17, 15) is 0 Å². The number of thioether (sulfide) groups is 1. The SMILES string of the molecule is CCOc1ccccc1OCc1cc(C=NN=C(N)SCc2ccccc2)ccc1OC. The average molecular weight is 450 g/mol. The lowest BCUT2D eigenvalue weighted by molar-refractivity contribution is 0.265. The highest BCUT2D eigenvalue weighted by Gasteiger charge is 2.08. The molecule has 32 heavy (non-hydrogen) atoms. The molecule has 0 aliphatic rings. The number of para-hydroxylation sites is 2. The molecule has 0 spiro atoms. The summed E-state index contributed by atoms with van der Waals surface area (Å²) in [7, 11) is 1.63. The molecule has 0 aliphatic carbocycles. The molecule has 3 rings (SSSR count). The van der Waals surface area contributed by atoms with Gasteiger partial charge in [-0.05, 0) is 48.4 Å². The quantitative estimate of drug-likeness (QED) is 0.260. The van der Waals surface area contributed by atoms with Gasteiger partial charge in [-0.25, -0.2) is 0 Å². The van der Waals surface area contributed by atoms with E-state index in [1.165, 1.54) is 17.3 Å². The van der Waals surface area contributed by atoms with Crippen LogP contribution in [0.5, 0.6) is 17.2 Å². The van der Waals surface area contributed by atoms with E-state index in [1.54, 1.807) is 13.3 Å². The third-order valence-electron chi connectivity index (χ3n) is 4.43. The molecule has 3 aromatic carbocycles. The Hall–Kier alpha value is -3.45. The third-order valence-corrected chi connectivity index (χ3v) is 5.28. The Morgan fingerprint density at radius 2 is 1.66 bits per heavy atom. The topological polar surface area (TPSA) is 78.4 Å². The van der Waals surface area contributed by atoms with E-state index < -0.39 is 0 Å². The van der Waals surface area contributed by atoms with Gasteiger partial charge in [0.25, 0.3) is 0 Å². The molecule has 0 saturated heterocycles. The number of methoxy groups -OCH3 is 1. The van der Waals surface area contributed by atoms with Gasteiger partial charge in [-0.2, -0.15) is 5.10 Å². The van der Waals surface area contributed by atoms with E-state index >= 15 is 0 Å². The maximum atomic E-state index is 5.99. The first kappa shape index (κ1) is 23.2. The van der Waals surface area contributed by atoms with Crippen molar-refractivity contribution in [2.24, 2.45) is 15.9 Å². The Kier molecular flexibility index (Phi) is 9.01. The average Bonchev–Trinajstić information content (AvgIpc) is 2.83. The van der Waals surface area contributed by atoms with Crippen LogP contribution in [0.2, 0.25) is 0 Å². The lowest BCUT2D eigenvalue weighted by atomic mass is 10.1. The molecule has 0 atom stereocenters. The Bertz CT molecular complexity index is 1060. The van der Waals surface area contributed by atoms with Gasteiger partial charge in [0, 0.05) is 11.3 Å². The Morgan fingerprint density at radius 3 is 2.38 bits per heavy atom. The molecule has 0 aromatic heterocycles. The van der Waals surface area contributed by atoms with Crippen LogP contribution in [-0.2, 0) is 12.4 Å². The highest BCUT2D eigenvalue weighted by atomic mass is 32.2. The minimum absolute atomic E-state index is 0.327. The van der Waals surface area contributed by atoms with E-state index in [2.05, 4.69) is 22.3 Å². The lowest BCUT2D eigenvalue weighted by Gasteiger charge is -2.13. The van der Waals surface area contributed by atoms with Crippen molar-refractivity contribution in [2.45, 2.75) is 19.3 Å². The van der Waals surface area contributed by atoms with Crippen molar-refractivity contribution >= 4 is 23.1 Å². The summed E-state index contributed by atoms with van der Waals surface area (Å²) >= 11 is 1.45. The summed E-state index contributed by atoms with van der Waals surface area (Å²) in [5.74, 6) is 2.88. The molecule has 0 heterocycles. The van der Waals surface area contributed by atoms with Crippen LogP contribution in [0.1, 0.15) is 23.6 Å². The lowest BCUT2D eigenvalue weighted by Crippen LogP contribution is -2.06. The number of amidine groups is 1. The summed E-state index contributed by atoms with van der Waals surface area (Å²) in [6.07, 6.45) is 1.66. The fraction of sp³-hybridized carbons (Fsp3) is 0.200. The van der Waals surface area contributed by atoms with E-state index in [0.717, 1.165) is 22.6 Å². The summed E-state index contributed by atoms with van der Waals surface area (Å²) in [4.78, 5) is 0. The molecule has 0 fully saturated rings.